The van der Waals surface area contributed by atoms with Gasteiger partial charge in [-0.15, -0.1) is 0 Å². The number of rotatable bonds is 3. The van der Waals surface area contributed by atoms with E-state index >= 15 is 0 Å². The molecule has 21 heavy (non-hydrogen) atoms. The molecule has 0 saturated heterocycles. The zero-order valence-corrected chi connectivity index (χ0v) is 11.4. The van der Waals surface area contributed by atoms with Gasteiger partial charge in [0.05, 0.1) is 12.6 Å². The Morgan fingerprint density at radius 2 is 1.67 bits per heavy atom. The minimum Gasteiger partial charge on any atom is -0.457 e. The lowest BCUT2D eigenvalue weighted by molar-refractivity contribution is 0.483. The molecule has 0 aromatic heterocycles. The van der Waals surface area contributed by atoms with Crippen LogP contribution < -0.4 is 9.64 Å². The third kappa shape index (κ3) is 3.13. The Morgan fingerprint density at radius 3 is 2.38 bits per heavy atom. The van der Waals surface area contributed by atoms with E-state index in [1.54, 1.807) is 0 Å². The predicted molar refractivity (Wildman–Crippen MR) is 83.1 cm³/mol. The van der Waals surface area contributed by atoms with Gasteiger partial charge in [0, 0.05) is 17.5 Å². The molecule has 3 rings (SSSR count). The summed E-state index contributed by atoms with van der Waals surface area (Å²) < 4.78 is 5.76. The SMILES string of the molecule is N#CC1=CC=CN(c2ccc(Oc3ccccc3)cc2)C1. The smallest absolute Gasteiger partial charge is 0.127 e. The molecule has 0 saturated carbocycles. The fourth-order valence-corrected chi connectivity index (χ4v) is 2.13. The predicted octanol–water partition coefficient (Wildman–Crippen LogP) is 4.26. The van der Waals surface area contributed by atoms with Crippen LogP contribution in [0.3, 0.4) is 0 Å². The molecule has 0 unspecified atom stereocenters. The molecule has 0 amide bonds. The summed E-state index contributed by atoms with van der Waals surface area (Å²) in [5.74, 6) is 1.61. The van der Waals surface area contributed by atoms with E-state index in [4.69, 9.17) is 10.00 Å². The van der Waals surface area contributed by atoms with Gasteiger partial charge in [-0.2, -0.15) is 5.26 Å². The largest absolute Gasteiger partial charge is 0.457 e. The topological polar surface area (TPSA) is 36.3 Å². The molecular weight excluding hydrogens is 260 g/mol. The molecular formula is C18H14N2O. The zero-order valence-electron chi connectivity index (χ0n) is 11.4. The highest BCUT2D eigenvalue weighted by atomic mass is 16.5. The molecule has 0 bridgehead atoms. The lowest BCUT2D eigenvalue weighted by atomic mass is 10.2. The van der Waals surface area contributed by atoms with Crippen molar-refractivity contribution in [2.45, 2.75) is 0 Å². The number of hydrogen-bond donors (Lipinski definition) is 0. The van der Waals surface area contributed by atoms with E-state index in [0.29, 0.717) is 6.54 Å². The van der Waals surface area contributed by atoms with E-state index in [2.05, 4.69) is 6.07 Å². The summed E-state index contributed by atoms with van der Waals surface area (Å²) in [4.78, 5) is 2.03. The molecule has 102 valence electrons. The minimum atomic E-state index is 0.603. The lowest BCUT2D eigenvalue weighted by Crippen LogP contribution is -2.20. The number of ether oxygens (including phenoxy) is 1. The van der Waals surface area contributed by atoms with Crippen molar-refractivity contribution in [3.05, 3.63) is 78.5 Å². The van der Waals surface area contributed by atoms with Crippen molar-refractivity contribution in [2.24, 2.45) is 0 Å². The zero-order chi connectivity index (χ0) is 14.5. The summed E-state index contributed by atoms with van der Waals surface area (Å²) >= 11 is 0. The van der Waals surface area contributed by atoms with Gasteiger partial charge in [-0.25, -0.2) is 0 Å². The van der Waals surface area contributed by atoms with Crippen LogP contribution in [0, 0.1) is 11.3 Å². The van der Waals surface area contributed by atoms with Crippen molar-refractivity contribution in [3.8, 4) is 17.6 Å². The number of para-hydroxylation sites is 1. The Bertz CT molecular complexity index is 709. The van der Waals surface area contributed by atoms with Crippen molar-refractivity contribution in [1.82, 2.24) is 0 Å². The molecule has 0 fully saturated rings. The first-order valence-electron chi connectivity index (χ1n) is 6.72. The Balaban J connectivity index is 1.72. The summed E-state index contributed by atoms with van der Waals surface area (Å²) in [5.41, 5.74) is 1.79. The van der Waals surface area contributed by atoms with E-state index in [0.717, 1.165) is 22.8 Å². The molecule has 0 spiro atoms. The number of nitriles is 1. The van der Waals surface area contributed by atoms with Crippen LogP contribution in [0.4, 0.5) is 5.69 Å². The van der Waals surface area contributed by atoms with Crippen molar-refractivity contribution in [3.63, 3.8) is 0 Å². The summed E-state index contributed by atoms with van der Waals surface area (Å²) in [6, 6.07) is 19.7. The van der Waals surface area contributed by atoms with Gasteiger partial charge >= 0.3 is 0 Å². The molecule has 3 nitrogen and oxygen atoms in total. The molecule has 0 radical (unpaired) electrons. The van der Waals surface area contributed by atoms with E-state index in [1.165, 1.54) is 0 Å². The third-order valence-electron chi connectivity index (χ3n) is 3.19. The Kier molecular flexibility index (Phi) is 3.70. The van der Waals surface area contributed by atoms with Crippen molar-refractivity contribution in [2.75, 3.05) is 11.4 Å². The molecule has 1 heterocycles. The van der Waals surface area contributed by atoms with Crippen LogP contribution in [0.25, 0.3) is 0 Å². The third-order valence-corrected chi connectivity index (χ3v) is 3.19. The molecule has 1 aliphatic heterocycles. The average Bonchev–Trinajstić information content (AvgIpc) is 2.56. The minimum absolute atomic E-state index is 0.603. The number of allylic oxidation sites excluding steroid dienone is 2. The second-order valence-electron chi connectivity index (χ2n) is 4.68. The van der Waals surface area contributed by atoms with Crippen LogP contribution in [0.1, 0.15) is 0 Å². The summed E-state index contributed by atoms with van der Waals surface area (Å²) in [7, 11) is 0. The molecule has 2 aromatic carbocycles. The summed E-state index contributed by atoms with van der Waals surface area (Å²) in [6.45, 7) is 0.603. The maximum absolute atomic E-state index is 8.97. The van der Waals surface area contributed by atoms with Crippen molar-refractivity contribution in [1.29, 1.82) is 5.26 Å². The van der Waals surface area contributed by atoms with E-state index < -0.39 is 0 Å². The highest BCUT2D eigenvalue weighted by Crippen LogP contribution is 2.25. The van der Waals surface area contributed by atoms with Crippen LogP contribution in [-0.4, -0.2) is 6.54 Å². The van der Waals surface area contributed by atoms with Crippen molar-refractivity contribution >= 4 is 5.69 Å². The maximum Gasteiger partial charge on any atom is 0.127 e. The standard InChI is InChI=1S/C18H14N2O/c19-13-15-5-4-12-20(14-15)16-8-10-18(11-9-16)21-17-6-2-1-3-7-17/h1-12H,14H2. The highest BCUT2D eigenvalue weighted by molar-refractivity contribution is 5.55. The van der Waals surface area contributed by atoms with Gasteiger partial charge < -0.3 is 9.64 Å². The van der Waals surface area contributed by atoms with E-state index in [-0.39, 0.29) is 0 Å². The van der Waals surface area contributed by atoms with Gasteiger partial charge in [-0.05, 0) is 48.6 Å². The normalized spacial score (nSPS) is 13.5. The fraction of sp³-hybridized carbons (Fsp3) is 0.0556. The van der Waals surface area contributed by atoms with Gasteiger partial charge in [0.25, 0.3) is 0 Å². The second kappa shape index (κ2) is 5.98. The van der Waals surface area contributed by atoms with Crippen LogP contribution in [-0.2, 0) is 0 Å². The monoisotopic (exact) mass is 274 g/mol. The van der Waals surface area contributed by atoms with E-state index in [9.17, 15) is 0 Å². The molecule has 0 aliphatic carbocycles. The Hall–Kier alpha value is -2.99. The number of hydrogen-bond acceptors (Lipinski definition) is 3. The Labute approximate surface area is 124 Å². The van der Waals surface area contributed by atoms with Gasteiger partial charge in [0.1, 0.15) is 11.5 Å². The molecule has 0 atom stereocenters. The van der Waals surface area contributed by atoms with E-state index in [1.807, 2.05) is 77.8 Å². The fourth-order valence-electron chi connectivity index (χ4n) is 2.13. The van der Waals surface area contributed by atoms with Gasteiger partial charge in [-0.1, -0.05) is 18.2 Å². The van der Waals surface area contributed by atoms with Crippen LogP contribution in [0.15, 0.2) is 78.5 Å². The first kappa shape index (κ1) is 13.0. The maximum atomic E-state index is 8.97. The van der Waals surface area contributed by atoms with Crippen LogP contribution >= 0.6 is 0 Å². The van der Waals surface area contributed by atoms with Crippen LogP contribution in [0.2, 0.25) is 0 Å². The number of anilines is 1. The number of benzene rings is 2. The Morgan fingerprint density at radius 1 is 0.952 bits per heavy atom. The first-order chi connectivity index (χ1) is 10.3. The summed E-state index contributed by atoms with van der Waals surface area (Å²) in [5, 5.41) is 8.97. The quantitative estimate of drug-likeness (QED) is 0.839. The molecule has 0 N–H and O–H groups in total. The highest BCUT2D eigenvalue weighted by Gasteiger charge is 2.09. The lowest BCUT2D eigenvalue weighted by Gasteiger charge is -2.22. The molecule has 3 heteroatoms. The van der Waals surface area contributed by atoms with Gasteiger partial charge in [0.2, 0.25) is 0 Å². The average molecular weight is 274 g/mol. The molecule has 1 aliphatic rings. The first-order valence-corrected chi connectivity index (χ1v) is 6.72. The van der Waals surface area contributed by atoms with Crippen LogP contribution in [0.5, 0.6) is 11.5 Å². The molecule has 2 aromatic rings. The van der Waals surface area contributed by atoms with Gasteiger partial charge in [0.15, 0.2) is 0 Å². The summed E-state index contributed by atoms with van der Waals surface area (Å²) in [6.07, 6.45) is 5.69. The second-order valence-corrected chi connectivity index (χ2v) is 4.68. The number of nitrogens with zero attached hydrogens (tertiary/aromatic N) is 2. The van der Waals surface area contributed by atoms with Crippen molar-refractivity contribution < 1.29 is 4.74 Å². The van der Waals surface area contributed by atoms with Gasteiger partial charge in [-0.3, -0.25) is 0 Å².